The summed E-state index contributed by atoms with van der Waals surface area (Å²) in [4.78, 5) is 39.5. The molecule has 0 aliphatic carbocycles. The van der Waals surface area contributed by atoms with E-state index in [2.05, 4.69) is 5.32 Å². The lowest BCUT2D eigenvalue weighted by atomic mass is 10.1. The Balaban J connectivity index is 1.61. The lowest BCUT2D eigenvalue weighted by Crippen LogP contribution is -2.37. The monoisotopic (exact) mass is 430 g/mol. The molecule has 0 atom stereocenters. The van der Waals surface area contributed by atoms with Crippen LogP contribution in [0.4, 0.5) is 9.18 Å². The zero-order chi connectivity index (χ0) is 21.0. The van der Waals surface area contributed by atoms with Crippen molar-refractivity contribution in [3.63, 3.8) is 0 Å². The van der Waals surface area contributed by atoms with E-state index in [-0.39, 0.29) is 29.7 Å². The molecule has 0 aromatic heterocycles. The molecule has 0 unspecified atom stereocenters. The Labute approximate surface area is 176 Å². The van der Waals surface area contributed by atoms with Crippen molar-refractivity contribution in [2.75, 3.05) is 19.3 Å². The number of carbonyl (C=O) groups excluding carboxylic acids is 3. The van der Waals surface area contributed by atoms with E-state index in [0.29, 0.717) is 11.1 Å². The molecular weight excluding hydrogens is 411 g/mol. The van der Waals surface area contributed by atoms with Crippen LogP contribution in [-0.4, -0.2) is 41.3 Å². The van der Waals surface area contributed by atoms with E-state index >= 15 is 0 Å². The molecule has 3 rings (SSSR count). The van der Waals surface area contributed by atoms with Crippen LogP contribution in [0.1, 0.15) is 21.5 Å². The fourth-order valence-electron chi connectivity index (χ4n) is 2.75. The van der Waals surface area contributed by atoms with Gasteiger partial charge in [-0.05, 0) is 66.4 Å². The number of amides is 3. The van der Waals surface area contributed by atoms with Gasteiger partial charge in [0, 0.05) is 23.5 Å². The minimum atomic E-state index is -0.417. The van der Waals surface area contributed by atoms with Gasteiger partial charge < -0.3 is 5.32 Å². The molecule has 1 N–H and O–H groups in total. The zero-order valence-electron chi connectivity index (χ0n) is 15.9. The van der Waals surface area contributed by atoms with Crippen LogP contribution < -0.4 is 5.32 Å². The van der Waals surface area contributed by atoms with Crippen molar-refractivity contribution in [1.82, 2.24) is 10.2 Å². The van der Waals surface area contributed by atoms with Gasteiger partial charge in [0.15, 0.2) is 0 Å². The van der Waals surface area contributed by atoms with Crippen LogP contribution in [-0.2, 0) is 4.79 Å². The van der Waals surface area contributed by atoms with Crippen LogP contribution >= 0.6 is 23.5 Å². The summed E-state index contributed by atoms with van der Waals surface area (Å²) in [5, 5.41) is 2.37. The van der Waals surface area contributed by atoms with Gasteiger partial charge >= 0.3 is 0 Å². The quantitative estimate of drug-likeness (QED) is 0.546. The molecule has 1 saturated heterocycles. The highest BCUT2D eigenvalue weighted by Crippen LogP contribution is 2.31. The van der Waals surface area contributed by atoms with Gasteiger partial charge in [0.25, 0.3) is 17.1 Å². The molecule has 150 valence electrons. The second-order valence-corrected chi connectivity index (χ2v) is 8.19. The number of halogens is 1. The number of hydrogen-bond acceptors (Lipinski definition) is 5. The molecule has 1 aliphatic rings. The summed E-state index contributed by atoms with van der Waals surface area (Å²) in [7, 11) is 0. The van der Waals surface area contributed by atoms with Gasteiger partial charge in [-0.2, -0.15) is 0 Å². The molecule has 2 aromatic carbocycles. The number of nitrogens with zero attached hydrogens (tertiary/aromatic N) is 1. The molecule has 0 saturated carbocycles. The third-order valence-electron chi connectivity index (χ3n) is 4.35. The number of nitrogens with one attached hydrogen (secondary N) is 1. The van der Waals surface area contributed by atoms with Crippen LogP contribution in [0.15, 0.2) is 52.3 Å². The lowest BCUT2D eigenvalue weighted by Gasteiger charge is -2.14. The van der Waals surface area contributed by atoms with Crippen molar-refractivity contribution in [1.29, 1.82) is 0 Å². The van der Waals surface area contributed by atoms with E-state index in [9.17, 15) is 18.8 Å². The van der Waals surface area contributed by atoms with Crippen LogP contribution in [0.25, 0.3) is 6.08 Å². The molecule has 1 fully saturated rings. The average molecular weight is 431 g/mol. The van der Waals surface area contributed by atoms with Crippen molar-refractivity contribution in [3.8, 4) is 0 Å². The van der Waals surface area contributed by atoms with E-state index in [4.69, 9.17) is 0 Å². The summed E-state index contributed by atoms with van der Waals surface area (Å²) in [6.07, 6.45) is 3.49. The predicted molar refractivity (Wildman–Crippen MR) is 114 cm³/mol. The molecule has 1 aliphatic heterocycles. The number of thioether (sulfide) groups is 2. The predicted octanol–water partition coefficient (Wildman–Crippen LogP) is 4.32. The molecule has 29 heavy (non-hydrogen) atoms. The standard InChI is InChI=1S/C21H19FN2O3S2/c1-13-3-8-16(28-2)12-17(13)19(25)23-9-10-24-20(26)18(29-21(24)27)11-14-4-6-15(22)7-5-14/h3-8,11-12H,9-10H2,1-2H3,(H,23,25). The first-order chi connectivity index (χ1) is 13.9. The van der Waals surface area contributed by atoms with Crippen molar-refractivity contribution in [3.05, 3.63) is 69.9 Å². The fraction of sp³-hybridized carbons (Fsp3) is 0.190. The normalized spacial score (nSPS) is 15.3. The number of benzene rings is 2. The molecule has 0 spiro atoms. The Hall–Kier alpha value is -2.58. The van der Waals surface area contributed by atoms with E-state index in [1.54, 1.807) is 17.8 Å². The third-order valence-corrected chi connectivity index (χ3v) is 5.98. The first-order valence-electron chi connectivity index (χ1n) is 8.83. The summed E-state index contributed by atoms with van der Waals surface area (Å²) in [5.41, 5.74) is 2.06. The number of hydrogen-bond donors (Lipinski definition) is 1. The van der Waals surface area contributed by atoms with Crippen molar-refractivity contribution in [2.24, 2.45) is 0 Å². The largest absolute Gasteiger partial charge is 0.350 e. The Morgan fingerprint density at radius 2 is 1.93 bits per heavy atom. The first kappa shape index (κ1) is 21.1. The molecule has 1 heterocycles. The first-order valence-corrected chi connectivity index (χ1v) is 10.9. The maximum Gasteiger partial charge on any atom is 0.293 e. The number of aryl methyl sites for hydroxylation is 1. The van der Waals surface area contributed by atoms with Gasteiger partial charge in [0.05, 0.1) is 4.91 Å². The molecule has 3 amide bonds. The van der Waals surface area contributed by atoms with Crippen LogP contribution in [0.2, 0.25) is 0 Å². The Morgan fingerprint density at radius 3 is 2.62 bits per heavy atom. The molecule has 2 aromatic rings. The van der Waals surface area contributed by atoms with E-state index in [0.717, 1.165) is 27.1 Å². The smallest absolute Gasteiger partial charge is 0.293 e. The van der Waals surface area contributed by atoms with E-state index < -0.39 is 11.1 Å². The summed E-state index contributed by atoms with van der Waals surface area (Å²) in [6, 6.07) is 11.3. The number of imide groups is 1. The second-order valence-electron chi connectivity index (χ2n) is 6.32. The Morgan fingerprint density at radius 1 is 1.21 bits per heavy atom. The second kappa shape index (κ2) is 9.28. The Bertz CT molecular complexity index is 990. The maximum absolute atomic E-state index is 13.0. The van der Waals surface area contributed by atoms with Gasteiger partial charge in [-0.1, -0.05) is 18.2 Å². The summed E-state index contributed by atoms with van der Waals surface area (Å²) >= 11 is 2.38. The SMILES string of the molecule is CSc1ccc(C)c(C(=O)NCCN2C(=O)SC(=Cc3ccc(F)cc3)C2=O)c1. The molecule has 8 heteroatoms. The summed E-state index contributed by atoms with van der Waals surface area (Å²) < 4.78 is 13.0. The number of carbonyl (C=O) groups is 3. The van der Waals surface area contributed by atoms with Crippen molar-refractivity contribution in [2.45, 2.75) is 11.8 Å². The lowest BCUT2D eigenvalue weighted by molar-refractivity contribution is -0.122. The van der Waals surface area contributed by atoms with Crippen LogP contribution in [0.3, 0.4) is 0 Å². The highest BCUT2D eigenvalue weighted by atomic mass is 32.2. The van der Waals surface area contributed by atoms with Crippen LogP contribution in [0.5, 0.6) is 0 Å². The summed E-state index contributed by atoms with van der Waals surface area (Å²) in [6.45, 7) is 2.10. The van der Waals surface area contributed by atoms with Gasteiger partial charge in [0.2, 0.25) is 0 Å². The highest BCUT2D eigenvalue weighted by molar-refractivity contribution is 8.18. The van der Waals surface area contributed by atoms with Gasteiger partial charge in [-0.25, -0.2) is 4.39 Å². The zero-order valence-corrected chi connectivity index (χ0v) is 17.5. The van der Waals surface area contributed by atoms with E-state index in [1.165, 1.54) is 24.3 Å². The van der Waals surface area contributed by atoms with Crippen molar-refractivity contribution < 1.29 is 18.8 Å². The van der Waals surface area contributed by atoms with Gasteiger partial charge in [0.1, 0.15) is 5.82 Å². The minimum Gasteiger partial charge on any atom is -0.350 e. The van der Waals surface area contributed by atoms with Gasteiger partial charge in [-0.15, -0.1) is 11.8 Å². The Kier molecular flexibility index (Phi) is 6.76. The molecular formula is C21H19FN2O3S2. The maximum atomic E-state index is 13.0. The van der Waals surface area contributed by atoms with Gasteiger partial charge in [-0.3, -0.25) is 19.3 Å². The highest BCUT2D eigenvalue weighted by Gasteiger charge is 2.34. The fourth-order valence-corrected chi connectivity index (χ4v) is 4.06. The topological polar surface area (TPSA) is 66.5 Å². The molecule has 0 radical (unpaired) electrons. The van der Waals surface area contributed by atoms with E-state index in [1.807, 2.05) is 31.4 Å². The van der Waals surface area contributed by atoms with Crippen molar-refractivity contribution >= 4 is 46.7 Å². The summed E-state index contributed by atoms with van der Waals surface area (Å²) in [5.74, 6) is -1.03. The number of rotatable bonds is 6. The van der Waals surface area contributed by atoms with Crippen LogP contribution in [0, 0.1) is 12.7 Å². The third kappa shape index (κ3) is 5.07. The average Bonchev–Trinajstić information content (AvgIpc) is 2.97. The molecule has 5 nitrogen and oxygen atoms in total. The molecule has 0 bridgehead atoms. The minimum absolute atomic E-state index is 0.0818.